The van der Waals surface area contributed by atoms with Crippen LogP contribution >= 0.6 is 0 Å². The van der Waals surface area contributed by atoms with Crippen LogP contribution < -0.4 is 0 Å². The fourth-order valence-electron chi connectivity index (χ4n) is 2.42. The molecule has 0 N–H and O–H groups in total. The number of nitrogens with zero attached hydrogens (tertiary/aromatic N) is 5. The van der Waals surface area contributed by atoms with Crippen molar-refractivity contribution in [2.45, 2.75) is 0 Å². The monoisotopic (exact) mass is 313 g/mol. The molecule has 0 bridgehead atoms. The predicted molar refractivity (Wildman–Crippen MR) is 93.9 cm³/mol. The molecule has 0 aliphatic rings. The fraction of sp³-hybridized carbons (Fsp3) is 0. The first-order valence-electron chi connectivity index (χ1n) is 7.64. The lowest BCUT2D eigenvalue weighted by Gasteiger charge is -2.07. The minimum absolute atomic E-state index is 0.751. The van der Waals surface area contributed by atoms with E-state index in [4.69, 9.17) is 0 Å². The lowest BCUT2D eigenvalue weighted by Crippen LogP contribution is -2.04. The minimum Gasteiger partial charge on any atom is -0.223 e. The summed E-state index contributed by atoms with van der Waals surface area (Å²) in [5, 5.41) is 8.54. The molecule has 0 atom stereocenters. The van der Waals surface area contributed by atoms with Crippen molar-refractivity contribution in [3.63, 3.8) is 0 Å². The lowest BCUT2D eigenvalue weighted by molar-refractivity contribution is 0.803. The first-order valence-corrected chi connectivity index (χ1v) is 7.64. The van der Waals surface area contributed by atoms with Crippen LogP contribution in [0.3, 0.4) is 0 Å². The van der Waals surface area contributed by atoms with Crippen LogP contribution in [-0.4, -0.2) is 24.5 Å². The summed E-state index contributed by atoms with van der Waals surface area (Å²) in [6, 6.07) is 18.0. The van der Waals surface area contributed by atoms with Gasteiger partial charge in [0.25, 0.3) is 0 Å². The Hall–Kier alpha value is -3.47. The Morgan fingerprint density at radius 2 is 1.25 bits per heavy atom. The van der Waals surface area contributed by atoms with Crippen molar-refractivity contribution in [3.05, 3.63) is 90.5 Å². The van der Waals surface area contributed by atoms with Crippen LogP contribution in [0.4, 0.5) is 0 Å². The van der Waals surface area contributed by atoms with Crippen LogP contribution in [0.2, 0.25) is 0 Å². The molecule has 0 spiro atoms. The summed E-state index contributed by atoms with van der Waals surface area (Å²) in [4.78, 5) is 4.64. The molecule has 0 saturated heterocycles. The van der Waals surface area contributed by atoms with Gasteiger partial charge >= 0.3 is 0 Å². The van der Waals surface area contributed by atoms with Crippen LogP contribution in [0.15, 0.2) is 79.4 Å². The highest BCUT2D eigenvalue weighted by atomic mass is 15.3. The highest BCUT2D eigenvalue weighted by Gasteiger charge is 2.05. The summed E-state index contributed by atoms with van der Waals surface area (Å²) < 4.78 is 3.49. The second kappa shape index (κ2) is 6.34. The summed E-state index contributed by atoms with van der Waals surface area (Å²) in [5.74, 6) is 1.50. The van der Waals surface area contributed by atoms with Gasteiger partial charge in [-0.3, -0.25) is 0 Å². The molecule has 0 aliphatic heterocycles. The number of hydrogen-bond donors (Lipinski definition) is 0. The van der Waals surface area contributed by atoms with E-state index in [1.54, 1.807) is 21.8 Å². The van der Waals surface area contributed by atoms with E-state index < -0.39 is 0 Å². The molecule has 0 saturated carbocycles. The maximum absolute atomic E-state index is 4.64. The van der Waals surface area contributed by atoms with E-state index in [-0.39, 0.29) is 0 Å². The third kappa shape index (κ3) is 3.01. The number of benzene rings is 1. The topological polar surface area (TPSA) is 48.5 Å². The van der Waals surface area contributed by atoms with Gasteiger partial charge < -0.3 is 0 Å². The zero-order chi connectivity index (χ0) is 16.2. The van der Waals surface area contributed by atoms with Crippen LogP contribution in [0.5, 0.6) is 0 Å². The van der Waals surface area contributed by atoms with Crippen LogP contribution in [0.1, 0.15) is 11.1 Å². The van der Waals surface area contributed by atoms with Gasteiger partial charge in [-0.1, -0.05) is 42.5 Å². The van der Waals surface area contributed by atoms with Gasteiger partial charge in [-0.15, -0.1) is 0 Å². The largest absolute Gasteiger partial charge is 0.223 e. The third-order valence-electron chi connectivity index (χ3n) is 3.57. The van der Waals surface area contributed by atoms with Gasteiger partial charge in [0.1, 0.15) is 0 Å². The van der Waals surface area contributed by atoms with E-state index in [1.807, 2.05) is 54.9 Å². The molecule has 0 radical (unpaired) electrons. The van der Waals surface area contributed by atoms with Gasteiger partial charge in [0.2, 0.25) is 0 Å². The quantitative estimate of drug-likeness (QED) is 0.578. The number of rotatable bonds is 4. The van der Waals surface area contributed by atoms with Crippen molar-refractivity contribution in [1.29, 1.82) is 0 Å². The molecule has 24 heavy (non-hydrogen) atoms. The molecule has 0 fully saturated rings. The molecule has 4 aromatic rings. The Morgan fingerprint density at radius 1 is 0.667 bits per heavy atom. The maximum atomic E-state index is 4.64. The van der Waals surface area contributed by atoms with Crippen molar-refractivity contribution >= 4 is 12.2 Å². The van der Waals surface area contributed by atoms with Crippen molar-refractivity contribution < 1.29 is 0 Å². The third-order valence-corrected chi connectivity index (χ3v) is 3.57. The summed E-state index contributed by atoms with van der Waals surface area (Å²) in [5.41, 5.74) is 2.18. The Balaban J connectivity index is 1.77. The average molecular weight is 313 g/mol. The molecule has 4 rings (SSSR count). The second-order valence-electron chi connectivity index (χ2n) is 5.26. The van der Waals surface area contributed by atoms with Crippen LogP contribution in [0, 0.1) is 0 Å². The van der Waals surface area contributed by atoms with Crippen molar-refractivity contribution in [3.8, 4) is 11.6 Å². The van der Waals surface area contributed by atoms with Gasteiger partial charge in [-0.2, -0.15) is 10.2 Å². The Bertz CT molecular complexity index is 886. The standard InChI is InChI=1S/C19H15N5/c1-2-6-16(7-3-1)8-9-17-14-18(23-12-4-10-20-23)22-19(15-17)24-13-5-11-21-24/h1-15H/b9-8-. The molecule has 3 heterocycles. The Kier molecular flexibility index (Phi) is 3.73. The molecule has 3 aromatic heterocycles. The SMILES string of the molecule is C(=C/c1cc(-n2cccn2)nc(-n2cccn2)c1)/c1ccccc1. The van der Waals surface area contributed by atoms with Gasteiger partial charge in [0.05, 0.1) is 0 Å². The second-order valence-corrected chi connectivity index (χ2v) is 5.26. The zero-order valence-corrected chi connectivity index (χ0v) is 12.9. The molecular weight excluding hydrogens is 298 g/mol. The zero-order valence-electron chi connectivity index (χ0n) is 12.9. The summed E-state index contributed by atoms with van der Waals surface area (Å²) in [6.07, 6.45) is 11.4. The molecule has 116 valence electrons. The minimum atomic E-state index is 0.751. The van der Waals surface area contributed by atoms with Crippen LogP contribution in [0.25, 0.3) is 23.8 Å². The maximum Gasteiger partial charge on any atom is 0.156 e. The molecule has 0 aliphatic carbocycles. The van der Waals surface area contributed by atoms with Crippen LogP contribution in [-0.2, 0) is 0 Å². The fourth-order valence-corrected chi connectivity index (χ4v) is 2.42. The molecule has 0 unspecified atom stereocenters. The van der Waals surface area contributed by atoms with Crippen molar-refractivity contribution in [2.24, 2.45) is 0 Å². The smallest absolute Gasteiger partial charge is 0.156 e. The van der Waals surface area contributed by atoms with Crippen molar-refractivity contribution in [1.82, 2.24) is 24.5 Å². The summed E-state index contributed by atoms with van der Waals surface area (Å²) in [7, 11) is 0. The highest BCUT2D eigenvalue weighted by Crippen LogP contribution is 2.15. The normalized spacial score (nSPS) is 11.2. The average Bonchev–Trinajstić information content (AvgIpc) is 3.34. The van der Waals surface area contributed by atoms with E-state index in [1.165, 1.54) is 0 Å². The number of hydrogen-bond acceptors (Lipinski definition) is 3. The molecular formula is C19H15N5. The van der Waals surface area contributed by atoms with Gasteiger partial charge in [0.15, 0.2) is 11.6 Å². The number of pyridine rings is 1. The molecule has 5 nitrogen and oxygen atoms in total. The highest BCUT2D eigenvalue weighted by molar-refractivity contribution is 5.70. The van der Waals surface area contributed by atoms with E-state index in [0.29, 0.717) is 0 Å². The summed E-state index contributed by atoms with van der Waals surface area (Å²) >= 11 is 0. The molecule has 0 amide bonds. The van der Waals surface area contributed by atoms with E-state index in [9.17, 15) is 0 Å². The lowest BCUT2D eigenvalue weighted by atomic mass is 10.1. The van der Waals surface area contributed by atoms with Gasteiger partial charge in [0, 0.05) is 24.8 Å². The van der Waals surface area contributed by atoms with Gasteiger partial charge in [-0.25, -0.2) is 14.3 Å². The first-order chi connectivity index (χ1) is 11.9. The van der Waals surface area contributed by atoms with E-state index in [0.717, 1.165) is 22.8 Å². The van der Waals surface area contributed by atoms with E-state index >= 15 is 0 Å². The Labute approximate surface area is 139 Å². The first kappa shape index (κ1) is 14.1. The molecule has 1 aromatic carbocycles. The Morgan fingerprint density at radius 3 is 1.79 bits per heavy atom. The van der Waals surface area contributed by atoms with E-state index in [2.05, 4.69) is 39.5 Å². The summed E-state index contributed by atoms with van der Waals surface area (Å²) in [6.45, 7) is 0. The predicted octanol–water partition coefficient (Wildman–Crippen LogP) is 3.62. The van der Waals surface area contributed by atoms with Crippen molar-refractivity contribution in [2.75, 3.05) is 0 Å². The number of aromatic nitrogens is 5. The molecule has 5 heteroatoms. The van der Waals surface area contributed by atoms with Gasteiger partial charge in [-0.05, 0) is 35.4 Å².